The van der Waals surface area contributed by atoms with Crippen LogP contribution in [0.15, 0.2) is 48.7 Å². The summed E-state index contributed by atoms with van der Waals surface area (Å²) in [6.07, 6.45) is 1.96. The van der Waals surface area contributed by atoms with E-state index in [1.165, 1.54) is 5.56 Å². The fraction of sp³-hybridized carbons (Fsp3) is 0.267. The van der Waals surface area contributed by atoms with E-state index in [-0.39, 0.29) is 6.10 Å². The quantitative estimate of drug-likeness (QED) is 0.791. The largest absolute Gasteiger partial charge is 0.374 e. The van der Waals surface area contributed by atoms with E-state index in [1.54, 1.807) is 0 Å². The molecule has 1 unspecified atom stereocenters. The number of rotatable bonds is 4. The molecule has 0 aliphatic carbocycles. The molecule has 2 nitrogen and oxygen atoms in total. The van der Waals surface area contributed by atoms with Crippen LogP contribution in [0, 0.1) is 0 Å². The van der Waals surface area contributed by atoms with Gasteiger partial charge in [-0.25, -0.2) is 0 Å². The molecule has 0 bridgehead atoms. The average molecular weight is 227 g/mol. The van der Waals surface area contributed by atoms with Crippen LogP contribution in [0.2, 0.25) is 0 Å². The van der Waals surface area contributed by atoms with E-state index in [0.717, 1.165) is 17.9 Å². The SMILES string of the molecule is CCOC(C)c1ccnc(-c2ccccc2)c1. The van der Waals surface area contributed by atoms with Crippen molar-refractivity contribution in [1.29, 1.82) is 0 Å². The van der Waals surface area contributed by atoms with Crippen molar-refractivity contribution in [3.05, 3.63) is 54.2 Å². The lowest BCUT2D eigenvalue weighted by Gasteiger charge is -2.12. The van der Waals surface area contributed by atoms with Crippen LogP contribution in [0.25, 0.3) is 11.3 Å². The maximum Gasteiger partial charge on any atom is 0.0797 e. The standard InChI is InChI=1S/C15H17NO/c1-3-17-12(2)14-9-10-16-15(11-14)13-7-5-4-6-8-13/h4-12H,3H2,1-2H3. The number of pyridine rings is 1. The molecule has 2 rings (SSSR count). The van der Waals surface area contributed by atoms with Crippen LogP contribution in [0.4, 0.5) is 0 Å². The van der Waals surface area contributed by atoms with Crippen molar-refractivity contribution < 1.29 is 4.74 Å². The lowest BCUT2D eigenvalue weighted by molar-refractivity contribution is 0.0764. The van der Waals surface area contributed by atoms with Crippen molar-refractivity contribution in [1.82, 2.24) is 4.98 Å². The summed E-state index contributed by atoms with van der Waals surface area (Å²) in [6, 6.07) is 14.3. The molecule has 1 aromatic carbocycles. The molecule has 0 aliphatic rings. The van der Waals surface area contributed by atoms with Crippen molar-refractivity contribution in [2.75, 3.05) is 6.61 Å². The first-order valence-electron chi connectivity index (χ1n) is 5.94. The Hall–Kier alpha value is -1.67. The van der Waals surface area contributed by atoms with Gasteiger partial charge in [0.15, 0.2) is 0 Å². The second-order valence-corrected chi connectivity index (χ2v) is 3.94. The third-order valence-electron chi connectivity index (χ3n) is 2.74. The van der Waals surface area contributed by atoms with Crippen LogP contribution < -0.4 is 0 Å². The maximum absolute atomic E-state index is 5.59. The first-order valence-corrected chi connectivity index (χ1v) is 5.94. The third-order valence-corrected chi connectivity index (χ3v) is 2.74. The summed E-state index contributed by atoms with van der Waals surface area (Å²) in [5.74, 6) is 0. The van der Waals surface area contributed by atoms with Crippen molar-refractivity contribution in [3.63, 3.8) is 0 Å². The molecule has 0 spiro atoms. The fourth-order valence-electron chi connectivity index (χ4n) is 1.81. The van der Waals surface area contributed by atoms with E-state index in [9.17, 15) is 0 Å². The molecule has 0 radical (unpaired) electrons. The average Bonchev–Trinajstić information content (AvgIpc) is 2.40. The minimum Gasteiger partial charge on any atom is -0.374 e. The van der Waals surface area contributed by atoms with Gasteiger partial charge in [0.25, 0.3) is 0 Å². The highest BCUT2D eigenvalue weighted by Crippen LogP contribution is 2.22. The minimum atomic E-state index is 0.116. The van der Waals surface area contributed by atoms with Gasteiger partial charge in [0.1, 0.15) is 0 Å². The van der Waals surface area contributed by atoms with E-state index < -0.39 is 0 Å². The van der Waals surface area contributed by atoms with Crippen molar-refractivity contribution in [3.8, 4) is 11.3 Å². The minimum absolute atomic E-state index is 0.116. The molecule has 2 aromatic rings. The molecule has 0 amide bonds. The summed E-state index contributed by atoms with van der Waals surface area (Å²) in [6.45, 7) is 4.80. The summed E-state index contributed by atoms with van der Waals surface area (Å²) in [4.78, 5) is 4.40. The highest BCUT2D eigenvalue weighted by Gasteiger charge is 2.06. The van der Waals surface area contributed by atoms with Gasteiger partial charge in [-0.2, -0.15) is 0 Å². The first kappa shape index (κ1) is 11.8. The Bertz CT molecular complexity index is 467. The molecule has 0 saturated heterocycles. The van der Waals surface area contributed by atoms with E-state index >= 15 is 0 Å². The predicted molar refractivity (Wildman–Crippen MR) is 69.7 cm³/mol. The Morgan fingerprint density at radius 3 is 2.65 bits per heavy atom. The Kier molecular flexibility index (Phi) is 3.89. The Morgan fingerprint density at radius 2 is 1.94 bits per heavy atom. The lowest BCUT2D eigenvalue weighted by atomic mass is 10.1. The van der Waals surface area contributed by atoms with Crippen LogP contribution in [0.1, 0.15) is 25.5 Å². The maximum atomic E-state index is 5.59. The highest BCUT2D eigenvalue weighted by molar-refractivity contribution is 5.59. The van der Waals surface area contributed by atoms with Gasteiger partial charge < -0.3 is 4.74 Å². The van der Waals surface area contributed by atoms with E-state index in [1.807, 2.05) is 37.4 Å². The van der Waals surface area contributed by atoms with Gasteiger partial charge in [-0.05, 0) is 31.5 Å². The molecule has 1 aromatic heterocycles. The molecule has 88 valence electrons. The van der Waals surface area contributed by atoms with Gasteiger partial charge >= 0.3 is 0 Å². The zero-order valence-electron chi connectivity index (χ0n) is 10.3. The number of hydrogen-bond acceptors (Lipinski definition) is 2. The van der Waals surface area contributed by atoms with Crippen LogP contribution in [0.5, 0.6) is 0 Å². The lowest BCUT2D eigenvalue weighted by Crippen LogP contribution is -2.00. The highest BCUT2D eigenvalue weighted by atomic mass is 16.5. The number of aromatic nitrogens is 1. The van der Waals surface area contributed by atoms with E-state index in [0.29, 0.717) is 0 Å². The summed E-state index contributed by atoms with van der Waals surface area (Å²) in [7, 11) is 0. The van der Waals surface area contributed by atoms with Crippen molar-refractivity contribution in [2.24, 2.45) is 0 Å². The molecule has 1 heterocycles. The van der Waals surface area contributed by atoms with Gasteiger partial charge in [-0.3, -0.25) is 4.98 Å². The molecule has 1 atom stereocenters. The summed E-state index contributed by atoms with van der Waals surface area (Å²) in [5, 5.41) is 0. The summed E-state index contributed by atoms with van der Waals surface area (Å²) < 4.78 is 5.59. The molecule has 0 saturated carbocycles. The van der Waals surface area contributed by atoms with Crippen LogP contribution in [-0.4, -0.2) is 11.6 Å². The molecular formula is C15H17NO. The Balaban J connectivity index is 2.29. The zero-order valence-corrected chi connectivity index (χ0v) is 10.3. The van der Waals surface area contributed by atoms with Gasteiger partial charge in [0.05, 0.1) is 11.8 Å². The van der Waals surface area contributed by atoms with Gasteiger partial charge in [0, 0.05) is 18.4 Å². The molecular weight excluding hydrogens is 210 g/mol. The fourth-order valence-corrected chi connectivity index (χ4v) is 1.81. The number of benzene rings is 1. The summed E-state index contributed by atoms with van der Waals surface area (Å²) >= 11 is 0. The van der Waals surface area contributed by atoms with Crippen LogP contribution >= 0.6 is 0 Å². The van der Waals surface area contributed by atoms with E-state index in [4.69, 9.17) is 4.74 Å². The van der Waals surface area contributed by atoms with Crippen molar-refractivity contribution >= 4 is 0 Å². The van der Waals surface area contributed by atoms with Crippen LogP contribution in [-0.2, 0) is 4.74 Å². The van der Waals surface area contributed by atoms with Gasteiger partial charge in [-0.1, -0.05) is 30.3 Å². The third kappa shape index (κ3) is 2.92. The number of hydrogen-bond donors (Lipinski definition) is 0. The second kappa shape index (κ2) is 5.60. The van der Waals surface area contributed by atoms with Gasteiger partial charge in [0.2, 0.25) is 0 Å². The zero-order chi connectivity index (χ0) is 12.1. The molecule has 0 fully saturated rings. The topological polar surface area (TPSA) is 22.1 Å². The first-order chi connectivity index (χ1) is 8.31. The molecule has 2 heteroatoms. The van der Waals surface area contributed by atoms with Crippen LogP contribution in [0.3, 0.4) is 0 Å². The van der Waals surface area contributed by atoms with E-state index in [2.05, 4.69) is 30.1 Å². The Morgan fingerprint density at radius 1 is 1.18 bits per heavy atom. The monoisotopic (exact) mass is 227 g/mol. The molecule has 0 aliphatic heterocycles. The normalized spacial score (nSPS) is 12.4. The Labute approximate surface area is 102 Å². The number of nitrogens with zero attached hydrogens (tertiary/aromatic N) is 1. The molecule has 17 heavy (non-hydrogen) atoms. The smallest absolute Gasteiger partial charge is 0.0797 e. The molecule has 0 N–H and O–H groups in total. The number of ether oxygens (including phenoxy) is 1. The van der Waals surface area contributed by atoms with Gasteiger partial charge in [-0.15, -0.1) is 0 Å². The second-order valence-electron chi connectivity index (χ2n) is 3.94. The predicted octanol–water partition coefficient (Wildman–Crippen LogP) is 3.85. The summed E-state index contributed by atoms with van der Waals surface area (Å²) in [5.41, 5.74) is 3.30. The van der Waals surface area contributed by atoms with Crippen molar-refractivity contribution in [2.45, 2.75) is 20.0 Å².